The average Bonchev–Trinajstić information content (AvgIpc) is 4.23. The van der Waals surface area contributed by atoms with E-state index in [1.165, 1.54) is 14.2 Å². The van der Waals surface area contributed by atoms with Crippen molar-refractivity contribution in [2.45, 2.75) is 85.1 Å². The molecule has 0 bridgehead atoms. The van der Waals surface area contributed by atoms with Crippen LogP contribution in [0.25, 0.3) is 28.0 Å². The van der Waals surface area contributed by atoms with Crippen molar-refractivity contribution in [3.8, 4) is 33.9 Å². The number of rotatable bonds is 15. The first kappa shape index (κ1) is 50.4. The fraction of sp³-hybridized carbons (Fsp3) is 0.423. The first-order valence-electron chi connectivity index (χ1n) is 23.6. The molecule has 70 heavy (non-hydrogen) atoms. The van der Waals surface area contributed by atoms with Crippen LogP contribution in [0.1, 0.15) is 82.4 Å². The maximum Gasteiger partial charge on any atom is 0.407 e. The molecule has 0 radical (unpaired) electrons. The van der Waals surface area contributed by atoms with Gasteiger partial charge >= 0.3 is 18.2 Å². The number of benzene rings is 3. The molecule has 1 aromatic heterocycles. The van der Waals surface area contributed by atoms with Gasteiger partial charge < -0.3 is 59.5 Å². The lowest BCUT2D eigenvalue weighted by Gasteiger charge is -2.30. The second kappa shape index (κ2) is 22.3. The molecule has 7 rings (SSSR count). The number of allylic oxidation sites excluding steroid dienone is 2. The first-order chi connectivity index (χ1) is 33.7. The second-order valence-electron chi connectivity index (χ2n) is 18.1. The molecule has 3 aromatic carbocycles. The third-order valence-corrected chi connectivity index (χ3v) is 13.4. The van der Waals surface area contributed by atoms with Crippen molar-refractivity contribution < 1.29 is 42.9 Å². The SMILES string of the molecule is CC/C(C)=C(/N/C=C(\C)c1ccc(-c2ccc(-c3cnc(C4CCCN4C(=O)C(NC(=O)OC)C(C)C)[nH]3)cc2)cc1)[C@@H]1CN(C(=O)N2Cc3cc(OC)c(OC)cc3C2)CN1C(=O)CNC(=O)OC. The largest absolute Gasteiger partial charge is 0.493 e. The molecule has 4 N–H and O–H groups in total. The number of carbonyl (C=O) groups is 5. The van der Waals surface area contributed by atoms with E-state index in [1.807, 2.05) is 65.1 Å². The van der Waals surface area contributed by atoms with Crippen LogP contribution in [0.2, 0.25) is 0 Å². The number of aromatic amines is 1. The molecule has 18 nitrogen and oxygen atoms in total. The molecule has 2 saturated heterocycles. The number of imidazole rings is 1. The number of H-pyrrole nitrogens is 1. The van der Waals surface area contributed by atoms with E-state index in [0.29, 0.717) is 43.4 Å². The molecule has 4 heterocycles. The molecule has 18 heteroatoms. The summed E-state index contributed by atoms with van der Waals surface area (Å²) in [6, 6.07) is 18.6. The summed E-state index contributed by atoms with van der Waals surface area (Å²) in [5.74, 6) is 1.25. The standard InChI is InChI=1S/C52H65N9O9/c1-10-32(4)47(42-29-59(30-61(42)45(62)26-55-50(64)69-8)52(66)58-27-38-22-43(67-6)44(68-7)23-39(38)28-58)53-24-33(5)34-13-15-35(16-14-34)36-17-19-37(20-18-36)40-25-54-48(56-40)41-12-11-21-60(41)49(63)46(31(2)3)57-51(65)70-9/h13-20,22-25,31,41-42,46,53H,10-12,21,26-30H2,1-9H3,(H,54,56)(H,55,64)(H,57,65)/b33-24+,47-32+/t41?,42-,46?/m0/s1. The number of fused-ring (bicyclic) bond motifs is 1. The summed E-state index contributed by atoms with van der Waals surface area (Å²) >= 11 is 0. The van der Waals surface area contributed by atoms with Crippen LogP contribution < -0.4 is 25.4 Å². The minimum Gasteiger partial charge on any atom is -0.493 e. The zero-order valence-electron chi connectivity index (χ0n) is 41.5. The number of carbonyl (C=O) groups excluding carboxylic acids is 5. The highest BCUT2D eigenvalue weighted by Gasteiger charge is 2.42. The third kappa shape index (κ3) is 11.0. The smallest absolute Gasteiger partial charge is 0.407 e. The summed E-state index contributed by atoms with van der Waals surface area (Å²) < 4.78 is 20.5. The van der Waals surface area contributed by atoms with Gasteiger partial charge in [-0.15, -0.1) is 0 Å². The summed E-state index contributed by atoms with van der Waals surface area (Å²) in [5, 5.41) is 8.74. The highest BCUT2D eigenvalue weighted by atomic mass is 16.5. The molecule has 0 aliphatic carbocycles. The van der Waals surface area contributed by atoms with E-state index in [0.717, 1.165) is 68.8 Å². The van der Waals surface area contributed by atoms with E-state index in [2.05, 4.69) is 57.3 Å². The summed E-state index contributed by atoms with van der Waals surface area (Å²) in [6.45, 7) is 11.2. The number of hydrogen-bond donors (Lipinski definition) is 4. The summed E-state index contributed by atoms with van der Waals surface area (Å²) in [5.41, 5.74) is 9.55. The van der Waals surface area contributed by atoms with E-state index in [4.69, 9.17) is 23.9 Å². The van der Waals surface area contributed by atoms with Crippen molar-refractivity contribution in [1.82, 2.24) is 45.5 Å². The van der Waals surface area contributed by atoms with E-state index in [-0.39, 0.29) is 49.6 Å². The quantitative estimate of drug-likeness (QED) is 0.0926. The van der Waals surface area contributed by atoms with Gasteiger partial charge in [-0.25, -0.2) is 19.4 Å². The lowest BCUT2D eigenvalue weighted by atomic mass is 10.00. The third-order valence-electron chi connectivity index (χ3n) is 13.4. The Morgan fingerprint density at radius 1 is 0.829 bits per heavy atom. The van der Waals surface area contributed by atoms with Crippen LogP contribution in [-0.2, 0) is 32.2 Å². The Kier molecular flexibility index (Phi) is 16.0. The molecule has 372 valence electrons. The predicted octanol–water partition coefficient (Wildman–Crippen LogP) is 7.40. The van der Waals surface area contributed by atoms with Crippen molar-refractivity contribution in [2.24, 2.45) is 5.92 Å². The van der Waals surface area contributed by atoms with E-state index < -0.39 is 24.3 Å². The summed E-state index contributed by atoms with van der Waals surface area (Å²) in [4.78, 5) is 80.7. The number of likely N-dealkylation sites (tertiary alicyclic amines) is 1. The fourth-order valence-corrected chi connectivity index (χ4v) is 9.24. The number of hydrogen-bond acceptors (Lipinski definition) is 11. The molecule has 4 aromatic rings. The van der Waals surface area contributed by atoms with Gasteiger partial charge in [-0.2, -0.15) is 0 Å². The maximum atomic E-state index is 14.2. The molecule has 2 unspecified atom stereocenters. The van der Waals surface area contributed by atoms with Crippen molar-refractivity contribution in [3.63, 3.8) is 0 Å². The molecule has 0 saturated carbocycles. The number of methoxy groups -OCH3 is 4. The normalized spacial score (nSPS) is 17.5. The van der Waals surface area contributed by atoms with Crippen molar-refractivity contribution in [3.05, 3.63) is 107 Å². The number of ether oxygens (including phenoxy) is 4. The van der Waals surface area contributed by atoms with Gasteiger partial charge in [-0.1, -0.05) is 74.9 Å². The van der Waals surface area contributed by atoms with E-state index in [9.17, 15) is 24.0 Å². The van der Waals surface area contributed by atoms with Crippen LogP contribution in [-0.4, -0.2) is 126 Å². The monoisotopic (exact) mass is 959 g/mol. The zero-order valence-corrected chi connectivity index (χ0v) is 41.5. The number of amides is 6. The number of nitrogens with zero attached hydrogens (tertiary/aromatic N) is 5. The number of nitrogens with one attached hydrogen (secondary N) is 4. The second-order valence-corrected chi connectivity index (χ2v) is 18.1. The van der Waals surface area contributed by atoms with Gasteiger partial charge in [0, 0.05) is 31.5 Å². The van der Waals surface area contributed by atoms with Gasteiger partial charge in [0.1, 0.15) is 18.4 Å². The van der Waals surface area contributed by atoms with Gasteiger partial charge in [0.05, 0.1) is 65.6 Å². The van der Waals surface area contributed by atoms with Crippen LogP contribution in [0, 0.1) is 5.92 Å². The van der Waals surface area contributed by atoms with Crippen LogP contribution in [0.15, 0.2) is 84.3 Å². The summed E-state index contributed by atoms with van der Waals surface area (Å²) in [6.07, 6.45) is 4.65. The van der Waals surface area contributed by atoms with Crippen LogP contribution in [0.5, 0.6) is 11.5 Å². The van der Waals surface area contributed by atoms with Gasteiger partial charge in [-0.3, -0.25) is 9.59 Å². The van der Waals surface area contributed by atoms with E-state index in [1.54, 1.807) is 40.0 Å². The summed E-state index contributed by atoms with van der Waals surface area (Å²) in [7, 11) is 5.68. The maximum absolute atomic E-state index is 14.2. The molecule has 0 spiro atoms. The van der Waals surface area contributed by atoms with Crippen LogP contribution in [0.4, 0.5) is 14.4 Å². The number of alkyl carbamates (subject to hydrolysis) is 2. The van der Waals surface area contributed by atoms with Gasteiger partial charge in [0.2, 0.25) is 11.8 Å². The zero-order chi connectivity index (χ0) is 50.2. The highest BCUT2D eigenvalue weighted by molar-refractivity contribution is 5.87. The Hall–Kier alpha value is -7.50. The average molecular weight is 960 g/mol. The van der Waals surface area contributed by atoms with Crippen LogP contribution >= 0.6 is 0 Å². The number of aromatic nitrogens is 2. The topological polar surface area (TPSA) is 200 Å². The number of urea groups is 1. The Bertz CT molecular complexity index is 2590. The fourth-order valence-electron chi connectivity index (χ4n) is 9.24. The van der Waals surface area contributed by atoms with Crippen molar-refractivity contribution in [1.29, 1.82) is 0 Å². The lowest BCUT2D eigenvalue weighted by molar-refractivity contribution is -0.135. The van der Waals surface area contributed by atoms with Gasteiger partial charge in [-0.05, 0) is 90.1 Å². The molecule has 3 aliphatic heterocycles. The molecular formula is C52H65N9O9. The lowest BCUT2D eigenvalue weighted by Crippen LogP contribution is -2.51. The minimum atomic E-state index is -0.724. The van der Waals surface area contributed by atoms with Gasteiger partial charge in [0.15, 0.2) is 11.5 Å². The Morgan fingerprint density at radius 3 is 2.03 bits per heavy atom. The predicted molar refractivity (Wildman–Crippen MR) is 264 cm³/mol. The highest BCUT2D eigenvalue weighted by Crippen LogP contribution is 2.37. The first-order valence-corrected chi connectivity index (χ1v) is 23.6. The van der Waals surface area contributed by atoms with Crippen molar-refractivity contribution in [2.75, 3.05) is 54.7 Å². The Morgan fingerprint density at radius 2 is 1.44 bits per heavy atom. The molecule has 3 atom stereocenters. The molecular weight excluding hydrogens is 895 g/mol. The molecule has 3 aliphatic rings. The van der Waals surface area contributed by atoms with Crippen LogP contribution in [0.3, 0.4) is 0 Å². The minimum absolute atomic E-state index is 0.0279. The van der Waals surface area contributed by atoms with Crippen molar-refractivity contribution >= 4 is 35.6 Å². The Balaban J connectivity index is 1.03. The Labute approximate surface area is 409 Å². The molecule has 2 fully saturated rings. The van der Waals surface area contributed by atoms with E-state index >= 15 is 0 Å². The van der Waals surface area contributed by atoms with Gasteiger partial charge in [0.25, 0.3) is 0 Å². The molecule has 6 amide bonds.